The van der Waals surface area contributed by atoms with E-state index in [0.717, 1.165) is 12.0 Å². The van der Waals surface area contributed by atoms with Crippen LogP contribution in [0.15, 0.2) is 23.1 Å². The summed E-state index contributed by atoms with van der Waals surface area (Å²) >= 11 is 0. The summed E-state index contributed by atoms with van der Waals surface area (Å²) in [5.41, 5.74) is 0.784. The number of aryl methyl sites for hydroxylation is 1. The quantitative estimate of drug-likeness (QED) is 0.836. The number of methoxy groups -OCH3 is 1. The van der Waals surface area contributed by atoms with Gasteiger partial charge in [-0.3, -0.25) is 4.79 Å². The van der Waals surface area contributed by atoms with Crippen molar-refractivity contribution in [3.05, 3.63) is 23.8 Å². The predicted molar refractivity (Wildman–Crippen MR) is 97.1 cm³/mol. The molecular weight excluding hydrogens is 340 g/mol. The average molecular weight is 368 g/mol. The number of amides is 1. The minimum atomic E-state index is -3.54. The molecule has 140 valence electrons. The summed E-state index contributed by atoms with van der Waals surface area (Å²) < 4.78 is 32.3. The van der Waals surface area contributed by atoms with E-state index in [1.807, 2.05) is 20.8 Å². The number of nitrogens with one attached hydrogen (secondary N) is 1. The Hall–Kier alpha value is -1.60. The molecule has 1 aromatic rings. The molecule has 0 aromatic heterocycles. The molecule has 1 saturated heterocycles. The van der Waals surface area contributed by atoms with Crippen LogP contribution in [0.4, 0.5) is 0 Å². The van der Waals surface area contributed by atoms with Gasteiger partial charge in [-0.15, -0.1) is 0 Å². The molecule has 1 atom stereocenters. The Kier molecular flexibility index (Phi) is 6.46. The highest BCUT2D eigenvalue weighted by molar-refractivity contribution is 7.89. The second-order valence-corrected chi connectivity index (χ2v) is 8.57. The largest absolute Gasteiger partial charge is 0.496 e. The Bertz CT molecular complexity index is 710. The zero-order valence-electron chi connectivity index (χ0n) is 15.4. The van der Waals surface area contributed by atoms with Crippen molar-refractivity contribution in [2.24, 2.45) is 5.92 Å². The second kappa shape index (κ2) is 8.19. The van der Waals surface area contributed by atoms with Crippen LogP contribution >= 0.6 is 0 Å². The van der Waals surface area contributed by atoms with E-state index in [-0.39, 0.29) is 22.8 Å². The van der Waals surface area contributed by atoms with Gasteiger partial charge in [0.15, 0.2) is 0 Å². The maximum absolute atomic E-state index is 12.8. The molecule has 1 aliphatic heterocycles. The van der Waals surface area contributed by atoms with Crippen molar-refractivity contribution in [2.75, 3.05) is 20.2 Å². The van der Waals surface area contributed by atoms with E-state index in [4.69, 9.17) is 4.74 Å². The van der Waals surface area contributed by atoms with E-state index in [0.29, 0.717) is 31.7 Å². The molecule has 0 saturated carbocycles. The average Bonchev–Trinajstić information content (AvgIpc) is 2.61. The third-order valence-electron chi connectivity index (χ3n) is 4.83. The van der Waals surface area contributed by atoms with Gasteiger partial charge in [0.05, 0.1) is 12.0 Å². The second-order valence-electron chi connectivity index (χ2n) is 6.63. The Balaban J connectivity index is 2.04. The zero-order valence-corrected chi connectivity index (χ0v) is 16.2. The summed E-state index contributed by atoms with van der Waals surface area (Å²) in [5, 5.41) is 2.98. The normalized spacial score (nSPS) is 17.9. The van der Waals surface area contributed by atoms with Crippen LogP contribution in [-0.4, -0.2) is 44.9 Å². The predicted octanol–water partition coefficient (Wildman–Crippen LogP) is 2.32. The molecule has 1 N–H and O–H groups in total. The van der Waals surface area contributed by atoms with E-state index in [1.165, 1.54) is 4.31 Å². The zero-order chi connectivity index (χ0) is 18.6. The lowest BCUT2D eigenvalue weighted by molar-refractivity contribution is -0.126. The Morgan fingerprint density at radius 3 is 2.52 bits per heavy atom. The van der Waals surface area contributed by atoms with Crippen LogP contribution in [0.2, 0.25) is 0 Å². The smallest absolute Gasteiger partial charge is 0.243 e. The van der Waals surface area contributed by atoms with Gasteiger partial charge in [0.1, 0.15) is 5.75 Å². The van der Waals surface area contributed by atoms with Crippen molar-refractivity contribution in [3.63, 3.8) is 0 Å². The molecule has 2 rings (SSSR count). The van der Waals surface area contributed by atoms with E-state index in [2.05, 4.69) is 5.32 Å². The standard InChI is InChI=1S/C18H28N2O4S/c1-5-14(3)19-18(21)15-8-10-20(11-9-15)25(22,23)16-6-7-17(24-4)13(2)12-16/h6-7,12,14-15H,5,8-11H2,1-4H3,(H,19,21)/t14-/m0/s1. The Morgan fingerprint density at radius 2 is 2.00 bits per heavy atom. The number of hydrogen-bond donors (Lipinski definition) is 1. The number of benzene rings is 1. The summed E-state index contributed by atoms with van der Waals surface area (Å²) in [5.74, 6) is 0.587. The van der Waals surface area contributed by atoms with Gasteiger partial charge in [-0.2, -0.15) is 4.31 Å². The summed E-state index contributed by atoms with van der Waals surface area (Å²) in [6.07, 6.45) is 1.99. The maximum atomic E-state index is 12.8. The van der Waals surface area contributed by atoms with Gasteiger partial charge in [-0.1, -0.05) is 6.92 Å². The highest BCUT2D eigenvalue weighted by atomic mass is 32.2. The van der Waals surface area contributed by atoms with Crippen LogP contribution in [0.3, 0.4) is 0 Å². The molecule has 1 fully saturated rings. The SMILES string of the molecule is CC[C@H](C)NC(=O)C1CCN(S(=O)(=O)c2ccc(OC)c(C)c2)CC1. The molecule has 1 aliphatic rings. The lowest BCUT2D eigenvalue weighted by Crippen LogP contribution is -2.44. The third kappa shape index (κ3) is 4.52. The van der Waals surface area contributed by atoms with Crippen molar-refractivity contribution in [3.8, 4) is 5.75 Å². The first-order valence-electron chi connectivity index (χ1n) is 8.74. The molecular formula is C18H28N2O4S. The minimum absolute atomic E-state index is 0.0340. The molecule has 7 heteroatoms. The van der Waals surface area contributed by atoms with E-state index in [9.17, 15) is 13.2 Å². The van der Waals surface area contributed by atoms with Crippen LogP contribution in [0.1, 0.15) is 38.7 Å². The number of rotatable bonds is 6. The molecule has 0 radical (unpaired) electrons. The molecule has 1 aromatic carbocycles. The van der Waals surface area contributed by atoms with Crippen molar-refractivity contribution < 1.29 is 17.9 Å². The first-order chi connectivity index (χ1) is 11.8. The summed E-state index contributed by atoms with van der Waals surface area (Å²) in [6.45, 7) is 6.56. The van der Waals surface area contributed by atoms with Gasteiger partial charge in [-0.25, -0.2) is 8.42 Å². The molecule has 0 aliphatic carbocycles. The monoisotopic (exact) mass is 368 g/mol. The number of hydrogen-bond acceptors (Lipinski definition) is 4. The lowest BCUT2D eigenvalue weighted by Gasteiger charge is -2.31. The van der Waals surface area contributed by atoms with Crippen LogP contribution in [0.5, 0.6) is 5.75 Å². The van der Waals surface area contributed by atoms with Crippen LogP contribution in [-0.2, 0) is 14.8 Å². The van der Waals surface area contributed by atoms with Gasteiger partial charge < -0.3 is 10.1 Å². The number of ether oxygens (including phenoxy) is 1. The molecule has 0 bridgehead atoms. The Labute approximate surface area is 150 Å². The first kappa shape index (κ1) is 19.7. The van der Waals surface area contributed by atoms with Gasteiger partial charge >= 0.3 is 0 Å². The van der Waals surface area contributed by atoms with E-state index >= 15 is 0 Å². The van der Waals surface area contributed by atoms with Gasteiger partial charge in [0.2, 0.25) is 15.9 Å². The number of piperidine rings is 1. The fourth-order valence-corrected chi connectivity index (χ4v) is 4.54. The number of carbonyl (C=O) groups excluding carboxylic acids is 1. The summed E-state index contributed by atoms with van der Waals surface area (Å²) in [6, 6.07) is 5.03. The summed E-state index contributed by atoms with van der Waals surface area (Å²) in [7, 11) is -1.98. The molecule has 0 spiro atoms. The van der Waals surface area contributed by atoms with Crippen molar-refractivity contribution in [2.45, 2.75) is 51.0 Å². The molecule has 6 nitrogen and oxygen atoms in total. The number of nitrogens with zero attached hydrogens (tertiary/aromatic N) is 1. The molecule has 0 unspecified atom stereocenters. The summed E-state index contributed by atoms with van der Waals surface area (Å²) in [4.78, 5) is 12.5. The molecule has 1 amide bonds. The third-order valence-corrected chi connectivity index (χ3v) is 6.72. The highest BCUT2D eigenvalue weighted by Gasteiger charge is 2.32. The minimum Gasteiger partial charge on any atom is -0.496 e. The molecule has 1 heterocycles. The fourth-order valence-electron chi connectivity index (χ4n) is 2.98. The topological polar surface area (TPSA) is 75.7 Å². The van der Waals surface area contributed by atoms with Gasteiger partial charge in [0, 0.05) is 25.0 Å². The van der Waals surface area contributed by atoms with Crippen molar-refractivity contribution in [1.29, 1.82) is 0 Å². The van der Waals surface area contributed by atoms with Crippen molar-refractivity contribution in [1.82, 2.24) is 9.62 Å². The van der Waals surface area contributed by atoms with Gasteiger partial charge in [-0.05, 0) is 56.9 Å². The fraction of sp³-hybridized carbons (Fsp3) is 0.611. The first-order valence-corrected chi connectivity index (χ1v) is 10.2. The Morgan fingerprint density at radius 1 is 1.36 bits per heavy atom. The maximum Gasteiger partial charge on any atom is 0.243 e. The number of sulfonamides is 1. The molecule has 25 heavy (non-hydrogen) atoms. The van der Waals surface area contributed by atoms with E-state index in [1.54, 1.807) is 25.3 Å². The van der Waals surface area contributed by atoms with E-state index < -0.39 is 10.0 Å². The van der Waals surface area contributed by atoms with Crippen molar-refractivity contribution >= 4 is 15.9 Å². The van der Waals surface area contributed by atoms with Gasteiger partial charge in [0.25, 0.3) is 0 Å². The van der Waals surface area contributed by atoms with Crippen LogP contribution in [0.25, 0.3) is 0 Å². The number of carbonyl (C=O) groups is 1. The van der Waals surface area contributed by atoms with Crippen LogP contribution in [0, 0.1) is 12.8 Å². The highest BCUT2D eigenvalue weighted by Crippen LogP contribution is 2.27. The lowest BCUT2D eigenvalue weighted by atomic mass is 9.97. The van der Waals surface area contributed by atoms with Crippen LogP contribution < -0.4 is 10.1 Å².